The van der Waals surface area contributed by atoms with Gasteiger partial charge in [-0.25, -0.2) is 4.79 Å². The first-order chi connectivity index (χ1) is 10.8. The zero-order chi connectivity index (χ0) is 17.0. The smallest absolute Gasteiger partial charge is 0.416 e. The summed E-state index contributed by atoms with van der Waals surface area (Å²) in [5.41, 5.74) is 0.486. The number of rotatable bonds is 4. The molecule has 1 aromatic heterocycles. The van der Waals surface area contributed by atoms with Gasteiger partial charge in [0.25, 0.3) is 0 Å². The van der Waals surface area contributed by atoms with Crippen molar-refractivity contribution in [2.75, 3.05) is 0 Å². The first kappa shape index (κ1) is 16.9. The lowest BCUT2D eigenvalue weighted by Gasteiger charge is -2.16. The van der Waals surface area contributed by atoms with Crippen LogP contribution in [0, 0.1) is 6.92 Å². The fourth-order valence-corrected chi connectivity index (χ4v) is 2.09. The van der Waals surface area contributed by atoms with E-state index < -0.39 is 23.8 Å². The predicted octanol–water partition coefficient (Wildman–Crippen LogP) is 4.17. The molecule has 2 rings (SSSR count). The lowest BCUT2D eigenvalue weighted by Crippen LogP contribution is -2.36. The highest BCUT2D eigenvalue weighted by atomic mass is 19.4. The van der Waals surface area contributed by atoms with Crippen LogP contribution < -0.4 is 10.6 Å². The maximum absolute atomic E-state index is 12.7. The fraction of sp³-hybridized carbons (Fsp3) is 0.312. The van der Waals surface area contributed by atoms with E-state index in [1.165, 1.54) is 12.3 Å². The summed E-state index contributed by atoms with van der Waals surface area (Å²) < 4.78 is 43.2. The van der Waals surface area contributed by atoms with E-state index >= 15 is 0 Å². The van der Waals surface area contributed by atoms with Crippen molar-refractivity contribution in [3.63, 3.8) is 0 Å². The van der Waals surface area contributed by atoms with E-state index in [0.717, 1.165) is 17.7 Å². The van der Waals surface area contributed by atoms with Crippen LogP contribution in [-0.4, -0.2) is 6.03 Å². The van der Waals surface area contributed by atoms with Crippen LogP contribution in [0.25, 0.3) is 0 Å². The first-order valence-electron chi connectivity index (χ1n) is 7.02. The van der Waals surface area contributed by atoms with E-state index in [-0.39, 0.29) is 6.54 Å². The molecule has 0 bridgehead atoms. The lowest BCUT2D eigenvalue weighted by molar-refractivity contribution is -0.137. The molecule has 0 aliphatic heterocycles. The summed E-state index contributed by atoms with van der Waals surface area (Å²) in [5, 5.41) is 5.25. The predicted molar refractivity (Wildman–Crippen MR) is 78.7 cm³/mol. The summed E-state index contributed by atoms with van der Waals surface area (Å²) in [7, 11) is 0. The maximum Gasteiger partial charge on any atom is 0.416 e. The molecule has 2 amide bonds. The molecule has 1 atom stereocenters. The Hall–Kier alpha value is -2.44. The van der Waals surface area contributed by atoms with Crippen molar-refractivity contribution in [3.8, 4) is 0 Å². The molecule has 0 aliphatic carbocycles. The van der Waals surface area contributed by atoms with Crippen molar-refractivity contribution in [2.24, 2.45) is 0 Å². The second-order valence-corrected chi connectivity index (χ2v) is 5.17. The van der Waals surface area contributed by atoms with Crippen molar-refractivity contribution in [1.29, 1.82) is 0 Å². The van der Waals surface area contributed by atoms with Gasteiger partial charge < -0.3 is 15.1 Å². The average Bonchev–Trinajstić information content (AvgIpc) is 2.89. The van der Waals surface area contributed by atoms with E-state index in [0.29, 0.717) is 11.3 Å². The molecule has 0 aliphatic rings. The molecule has 0 radical (unpaired) electrons. The molecule has 7 heteroatoms. The van der Waals surface area contributed by atoms with Crippen molar-refractivity contribution >= 4 is 6.03 Å². The van der Waals surface area contributed by atoms with E-state index in [2.05, 4.69) is 10.6 Å². The van der Waals surface area contributed by atoms with E-state index in [9.17, 15) is 18.0 Å². The fourth-order valence-electron chi connectivity index (χ4n) is 2.09. The van der Waals surface area contributed by atoms with Gasteiger partial charge in [-0.1, -0.05) is 12.1 Å². The molecule has 2 N–H and O–H groups in total. The first-order valence-corrected chi connectivity index (χ1v) is 7.02. The molecule has 124 valence electrons. The summed E-state index contributed by atoms with van der Waals surface area (Å²) in [6.07, 6.45) is -2.88. The number of nitrogens with one attached hydrogen (secondary N) is 2. The minimum Gasteiger partial charge on any atom is -0.469 e. The number of furan rings is 1. The topological polar surface area (TPSA) is 54.3 Å². The van der Waals surface area contributed by atoms with Gasteiger partial charge in [0, 0.05) is 12.1 Å². The number of aryl methyl sites for hydroxylation is 1. The molecular formula is C16H17F3N2O2. The Bertz CT molecular complexity index is 680. The zero-order valence-electron chi connectivity index (χ0n) is 12.7. The monoisotopic (exact) mass is 326 g/mol. The maximum atomic E-state index is 12.7. The zero-order valence-corrected chi connectivity index (χ0v) is 12.7. The van der Waals surface area contributed by atoms with Gasteiger partial charge in [0.15, 0.2) is 0 Å². The van der Waals surface area contributed by atoms with Crippen LogP contribution in [-0.2, 0) is 12.7 Å². The SMILES string of the molecule is Cc1occc1CNC(=O)NC(C)c1cccc(C(F)(F)F)c1. The number of carbonyl (C=O) groups excluding carboxylic acids is 1. The van der Waals surface area contributed by atoms with Gasteiger partial charge in [-0.05, 0) is 37.6 Å². The van der Waals surface area contributed by atoms with Crippen LogP contribution in [0.1, 0.15) is 35.4 Å². The highest BCUT2D eigenvalue weighted by molar-refractivity contribution is 5.74. The Morgan fingerprint density at radius 2 is 2.04 bits per heavy atom. The highest BCUT2D eigenvalue weighted by Crippen LogP contribution is 2.30. The molecule has 23 heavy (non-hydrogen) atoms. The number of alkyl halides is 3. The number of halogens is 3. The molecule has 0 saturated carbocycles. The van der Waals surface area contributed by atoms with Crippen molar-refractivity contribution in [2.45, 2.75) is 32.6 Å². The van der Waals surface area contributed by atoms with Crippen LogP contribution in [0.3, 0.4) is 0 Å². The standard InChI is InChI=1S/C16H17F3N2O2/c1-10(12-4-3-5-14(8-12)16(17,18)19)21-15(22)20-9-13-6-7-23-11(13)2/h3-8,10H,9H2,1-2H3,(H2,20,21,22). The number of amides is 2. The Labute approximate surface area is 131 Å². The van der Waals surface area contributed by atoms with Crippen molar-refractivity contribution < 1.29 is 22.4 Å². The van der Waals surface area contributed by atoms with Gasteiger partial charge in [0.05, 0.1) is 17.9 Å². The largest absolute Gasteiger partial charge is 0.469 e. The molecule has 4 nitrogen and oxygen atoms in total. The van der Waals surface area contributed by atoms with Gasteiger partial charge in [0.1, 0.15) is 5.76 Å². The Balaban J connectivity index is 1.94. The third-order valence-corrected chi connectivity index (χ3v) is 3.47. The van der Waals surface area contributed by atoms with Crippen molar-refractivity contribution in [3.05, 3.63) is 59.0 Å². The third kappa shape index (κ3) is 4.51. The molecule has 0 fully saturated rings. The second kappa shape index (κ2) is 6.76. The number of hydrogen-bond acceptors (Lipinski definition) is 2. The van der Waals surface area contributed by atoms with E-state index in [1.54, 1.807) is 26.0 Å². The minimum absolute atomic E-state index is 0.281. The van der Waals surface area contributed by atoms with Gasteiger partial charge in [-0.3, -0.25) is 0 Å². The van der Waals surface area contributed by atoms with Gasteiger partial charge >= 0.3 is 12.2 Å². The normalized spacial score (nSPS) is 12.7. The molecular weight excluding hydrogens is 309 g/mol. The molecule has 1 unspecified atom stereocenters. The summed E-state index contributed by atoms with van der Waals surface area (Å²) in [6, 6.07) is 5.62. The molecule has 0 saturated heterocycles. The molecule has 2 aromatic rings. The van der Waals surface area contributed by atoms with Gasteiger partial charge in [-0.2, -0.15) is 13.2 Å². The quantitative estimate of drug-likeness (QED) is 0.886. The average molecular weight is 326 g/mol. The summed E-state index contributed by atoms with van der Waals surface area (Å²) in [6.45, 7) is 3.68. The lowest BCUT2D eigenvalue weighted by atomic mass is 10.1. The van der Waals surface area contributed by atoms with Crippen LogP contribution >= 0.6 is 0 Å². The third-order valence-electron chi connectivity index (χ3n) is 3.47. The minimum atomic E-state index is -4.41. The number of benzene rings is 1. The molecule has 0 spiro atoms. The van der Waals surface area contributed by atoms with Crippen molar-refractivity contribution in [1.82, 2.24) is 10.6 Å². The van der Waals surface area contributed by atoms with Crippen LogP contribution in [0.2, 0.25) is 0 Å². The Morgan fingerprint density at radius 3 is 2.65 bits per heavy atom. The van der Waals surface area contributed by atoms with Gasteiger partial charge in [0.2, 0.25) is 0 Å². The summed E-state index contributed by atoms with van der Waals surface area (Å²) in [4.78, 5) is 11.8. The van der Waals surface area contributed by atoms with E-state index in [1.807, 2.05) is 0 Å². The number of hydrogen-bond donors (Lipinski definition) is 2. The number of carbonyl (C=O) groups is 1. The second-order valence-electron chi connectivity index (χ2n) is 5.17. The molecule has 1 heterocycles. The highest BCUT2D eigenvalue weighted by Gasteiger charge is 2.30. The Kier molecular flexibility index (Phi) is 4.98. The summed E-state index contributed by atoms with van der Waals surface area (Å²) in [5.74, 6) is 0.705. The number of urea groups is 1. The van der Waals surface area contributed by atoms with Crippen LogP contribution in [0.5, 0.6) is 0 Å². The Morgan fingerprint density at radius 1 is 1.30 bits per heavy atom. The van der Waals surface area contributed by atoms with Crippen LogP contribution in [0.4, 0.5) is 18.0 Å². The van der Waals surface area contributed by atoms with E-state index in [4.69, 9.17) is 4.42 Å². The van der Waals surface area contributed by atoms with Gasteiger partial charge in [-0.15, -0.1) is 0 Å². The summed E-state index contributed by atoms with van der Waals surface area (Å²) >= 11 is 0. The van der Waals surface area contributed by atoms with Crippen LogP contribution in [0.15, 0.2) is 41.0 Å². The molecule has 1 aromatic carbocycles.